The summed E-state index contributed by atoms with van der Waals surface area (Å²) in [7, 11) is 0. The molecule has 0 spiro atoms. The molecule has 0 bridgehead atoms. The first-order chi connectivity index (χ1) is 15.2. The summed E-state index contributed by atoms with van der Waals surface area (Å²) in [6.45, 7) is 7.64. The molecule has 4 aromatic rings. The summed E-state index contributed by atoms with van der Waals surface area (Å²) < 4.78 is 8.76. The Bertz CT molecular complexity index is 1280. The van der Waals surface area contributed by atoms with Gasteiger partial charge in [-0.15, -0.1) is 5.10 Å². The zero-order valence-electron chi connectivity index (χ0n) is 18.0. The minimum absolute atomic E-state index is 0.00656. The van der Waals surface area contributed by atoms with Crippen LogP contribution in [0.1, 0.15) is 37.0 Å². The lowest BCUT2D eigenvalue weighted by Gasteiger charge is -2.18. The largest absolute Gasteiger partial charge is 0.488 e. The Morgan fingerprint density at radius 1 is 1.12 bits per heavy atom. The van der Waals surface area contributed by atoms with E-state index >= 15 is 0 Å². The number of carbonyl (C=O) groups excluding carboxylic acids is 1. The molecule has 0 aliphatic heterocycles. The predicted molar refractivity (Wildman–Crippen MR) is 125 cm³/mol. The predicted octanol–water partition coefficient (Wildman–Crippen LogP) is 4.37. The van der Waals surface area contributed by atoms with Gasteiger partial charge in [0, 0.05) is 24.5 Å². The zero-order valence-corrected chi connectivity index (χ0v) is 19.6. The highest BCUT2D eigenvalue weighted by Crippen LogP contribution is 2.33. The maximum absolute atomic E-state index is 11.2. The van der Waals surface area contributed by atoms with E-state index < -0.39 is 5.91 Å². The summed E-state index contributed by atoms with van der Waals surface area (Å²) in [6, 6.07) is 11.8. The van der Waals surface area contributed by atoms with Crippen molar-refractivity contribution in [3.8, 4) is 16.9 Å². The quantitative estimate of drug-likeness (QED) is 0.426. The molecule has 0 radical (unpaired) electrons. The number of aromatic nitrogens is 5. The Morgan fingerprint density at radius 2 is 1.88 bits per heavy atom. The van der Waals surface area contributed by atoms with Crippen LogP contribution in [-0.2, 0) is 13.2 Å². The SMILES string of the molecule is CC(C)(C)Cn1nnc2c(Br)c(OCc3cccc(-c4cnc(C(N)=O)nc4)c3)ccc21. The molecule has 0 aliphatic rings. The van der Waals surface area contributed by atoms with Crippen LogP contribution in [0.5, 0.6) is 5.75 Å². The molecular weight excluding hydrogens is 472 g/mol. The van der Waals surface area contributed by atoms with Crippen molar-refractivity contribution in [1.29, 1.82) is 0 Å². The average Bonchev–Trinajstić information content (AvgIpc) is 3.15. The van der Waals surface area contributed by atoms with Gasteiger partial charge in [-0.1, -0.05) is 44.2 Å². The van der Waals surface area contributed by atoms with Gasteiger partial charge in [0.15, 0.2) is 0 Å². The lowest BCUT2D eigenvalue weighted by Crippen LogP contribution is -2.16. The second kappa shape index (κ2) is 8.66. The van der Waals surface area contributed by atoms with Gasteiger partial charge in [-0.05, 0) is 50.7 Å². The second-order valence-electron chi connectivity index (χ2n) is 8.70. The number of amides is 1. The third-order valence-corrected chi connectivity index (χ3v) is 5.51. The highest BCUT2D eigenvalue weighted by atomic mass is 79.9. The maximum atomic E-state index is 11.2. The number of halogens is 1. The van der Waals surface area contributed by atoms with E-state index in [0.717, 1.165) is 38.7 Å². The molecule has 2 heterocycles. The summed E-state index contributed by atoms with van der Waals surface area (Å²) in [6.07, 6.45) is 3.16. The second-order valence-corrected chi connectivity index (χ2v) is 9.49. The fourth-order valence-corrected chi connectivity index (χ4v) is 3.80. The van der Waals surface area contributed by atoms with Crippen LogP contribution in [-0.4, -0.2) is 30.9 Å². The first-order valence-electron chi connectivity index (χ1n) is 10.1. The highest BCUT2D eigenvalue weighted by molar-refractivity contribution is 9.10. The molecule has 1 amide bonds. The molecular formula is C23H23BrN6O2. The van der Waals surface area contributed by atoms with E-state index in [2.05, 4.69) is 57.0 Å². The van der Waals surface area contributed by atoms with E-state index in [1.165, 1.54) is 0 Å². The van der Waals surface area contributed by atoms with Crippen LogP contribution in [0.2, 0.25) is 0 Å². The molecule has 4 rings (SSSR count). The Labute approximate surface area is 193 Å². The number of hydrogen-bond donors (Lipinski definition) is 1. The number of nitrogens with two attached hydrogens (primary N) is 1. The van der Waals surface area contributed by atoms with Crippen LogP contribution in [0.15, 0.2) is 53.3 Å². The van der Waals surface area contributed by atoms with E-state index in [4.69, 9.17) is 10.5 Å². The van der Waals surface area contributed by atoms with Gasteiger partial charge in [0.1, 0.15) is 17.9 Å². The fraction of sp³-hybridized carbons (Fsp3) is 0.261. The Morgan fingerprint density at radius 3 is 2.56 bits per heavy atom. The van der Waals surface area contributed by atoms with Crippen LogP contribution in [0.3, 0.4) is 0 Å². The van der Waals surface area contributed by atoms with Gasteiger partial charge in [-0.2, -0.15) is 0 Å². The van der Waals surface area contributed by atoms with Crippen LogP contribution < -0.4 is 10.5 Å². The molecule has 0 fully saturated rings. The van der Waals surface area contributed by atoms with Crippen LogP contribution in [0.25, 0.3) is 22.2 Å². The summed E-state index contributed by atoms with van der Waals surface area (Å²) in [5.41, 5.74) is 9.71. The van der Waals surface area contributed by atoms with Crippen molar-refractivity contribution >= 4 is 32.9 Å². The van der Waals surface area contributed by atoms with Gasteiger partial charge in [-0.25, -0.2) is 14.6 Å². The molecule has 2 aromatic heterocycles. The number of nitrogens with zero attached hydrogens (tertiary/aromatic N) is 5. The van der Waals surface area contributed by atoms with Crippen molar-refractivity contribution in [2.24, 2.45) is 11.1 Å². The molecule has 0 unspecified atom stereocenters. The van der Waals surface area contributed by atoms with Gasteiger partial charge in [0.05, 0.1) is 9.99 Å². The molecule has 164 valence electrons. The third-order valence-electron chi connectivity index (χ3n) is 4.74. The number of fused-ring (bicyclic) bond motifs is 1. The van der Waals surface area contributed by atoms with E-state index in [9.17, 15) is 4.79 Å². The first-order valence-corrected chi connectivity index (χ1v) is 10.9. The Balaban J connectivity index is 1.52. The van der Waals surface area contributed by atoms with Gasteiger partial charge < -0.3 is 10.5 Å². The van der Waals surface area contributed by atoms with E-state index in [0.29, 0.717) is 12.4 Å². The number of carbonyl (C=O) groups is 1. The van der Waals surface area contributed by atoms with Crippen LogP contribution in [0, 0.1) is 5.41 Å². The van der Waals surface area contributed by atoms with Crippen LogP contribution >= 0.6 is 15.9 Å². The standard InChI is InChI=1S/C23H23BrN6O2/c1-23(2,3)13-30-17-7-8-18(19(24)20(17)28-29-30)32-12-14-5-4-6-15(9-14)16-10-26-22(21(25)31)27-11-16/h4-11H,12-13H2,1-3H3,(H2,25,31). The molecule has 2 aromatic carbocycles. The summed E-state index contributed by atoms with van der Waals surface area (Å²) in [5.74, 6) is 0.0347. The van der Waals surface area contributed by atoms with Gasteiger partial charge in [0.2, 0.25) is 5.82 Å². The van der Waals surface area contributed by atoms with Crippen molar-refractivity contribution in [2.45, 2.75) is 33.9 Å². The number of benzene rings is 2. The molecule has 0 saturated carbocycles. The van der Waals surface area contributed by atoms with Crippen molar-refractivity contribution < 1.29 is 9.53 Å². The molecule has 0 saturated heterocycles. The monoisotopic (exact) mass is 494 g/mol. The van der Waals surface area contributed by atoms with Gasteiger partial charge in [0.25, 0.3) is 5.91 Å². The maximum Gasteiger partial charge on any atom is 0.286 e. The molecule has 9 heteroatoms. The zero-order chi connectivity index (χ0) is 22.9. The minimum Gasteiger partial charge on any atom is -0.488 e. The number of rotatable bonds is 6. The first kappa shape index (κ1) is 21.9. The fourth-order valence-electron chi connectivity index (χ4n) is 3.27. The number of primary amides is 1. The summed E-state index contributed by atoms with van der Waals surface area (Å²) in [4.78, 5) is 19.2. The molecule has 32 heavy (non-hydrogen) atoms. The topological polar surface area (TPSA) is 109 Å². The van der Waals surface area contributed by atoms with Crippen LogP contribution in [0.4, 0.5) is 0 Å². The van der Waals surface area contributed by atoms with E-state index in [1.807, 2.05) is 41.1 Å². The molecule has 2 N–H and O–H groups in total. The van der Waals surface area contributed by atoms with E-state index in [1.54, 1.807) is 12.4 Å². The minimum atomic E-state index is -0.653. The van der Waals surface area contributed by atoms with Gasteiger partial charge in [-0.3, -0.25) is 4.79 Å². The number of ether oxygens (including phenoxy) is 1. The highest BCUT2D eigenvalue weighted by Gasteiger charge is 2.17. The normalized spacial score (nSPS) is 11.6. The summed E-state index contributed by atoms with van der Waals surface area (Å²) in [5, 5.41) is 8.63. The average molecular weight is 495 g/mol. The molecule has 0 aliphatic carbocycles. The Hall–Kier alpha value is -3.33. The summed E-state index contributed by atoms with van der Waals surface area (Å²) >= 11 is 3.62. The molecule has 8 nitrogen and oxygen atoms in total. The smallest absolute Gasteiger partial charge is 0.286 e. The van der Waals surface area contributed by atoms with Crippen molar-refractivity contribution in [2.75, 3.05) is 0 Å². The lowest BCUT2D eigenvalue weighted by atomic mass is 9.97. The van der Waals surface area contributed by atoms with Crippen molar-refractivity contribution in [3.63, 3.8) is 0 Å². The lowest BCUT2D eigenvalue weighted by molar-refractivity contribution is 0.0990. The Kier molecular flexibility index (Phi) is 5.92. The van der Waals surface area contributed by atoms with Crippen molar-refractivity contribution in [1.82, 2.24) is 25.0 Å². The van der Waals surface area contributed by atoms with E-state index in [-0.39, 0.29) is 11.2 Å². The molecule has 0 atom stereocenters. The van der Waals surface area contributed by atoms with Gasteiger partial charge >= 0.3 is 0 Å². The number of hydrogen-bond acceptors (Lipinski definition) is 6. The van der Waals surface area contributed by atoms with Crippen molar-refractivity contribution in [3.05, 3.63) is 64.7 Å². The third kappa shape index (κ3) is 4.77.